The Balaban J connectivity index is 2.45. The molecule has 0 saturated heterocycles. The summed E-state index contributed by atoms with van der Waals surface area (Å²) in [6.45, 7) is 4.66. The molecule has 0 spiro atoms. The molecular formula is C14H24N2O3S2. The Kier molecular flexibility index (Phi) is 7.31. The second-order valence-corrected chi connectivity index (χ2v) is 8.58. The van der Waals surface area contributed by atoms with Crippen LogP contribution < -0.4 is 5.32 Å². The van der Waals surface area contributed by atoms with Gasteiger partial charge < -0.3 is 5.32 Å². The molecule has 0 aliphatic heterocycles. The fourth-order valence-corrected chi connectivity index (χ4v) is 4.18. The van der Waals surface area contributed by atoms with Crippen molar-refractivity contribution in [3.63, 3.8) is 0 Å². The predicted octanol–water partition coefficient (Wildman–Crippen LogP) is 2.24. The Labute approximate surface area is 131 Å². The third-order valence-electron chi connectivity index (χ3n) is 3.00. The molecule has 0 atom stereocenters. The summed E-state index contributed by atoms with van der Waals surface area (Å²) in [7, 11) is -3.08. The molecule has 1 amide bonds. The number of sulfone groups is 1. The van der Waals surface area contributed by atoms with Gasteiger partial charge in [-0.05, 0) is 13.3 Å². The predicted molar refractivity (Wildman–Crippen MR) is 86.3 cm³/mol. The van der Waals surface area contributed by atoms with Crippen LogP contribution in [0.2, 0.25) is 0 Å². The molecule has 1 aromatic rings. The third kappa shape index (κ3) is 7.57. The molecule has 0 aliphatic rings. The van der Waals surface area contributed by atoms with Gasteiger partial charge in [-0.3, -0.25) is 4.79 Å². The second-order valence-electron chi connectivity index (χ2n) is 5.27. The Hall–Kier alpha value is -0.950. The third-order valence-corrected chi connectivity index (χ3v) is 5.13. The van der Waals surface area contributed by atoms with Crippen LogP contribution in [0.25, 0.3) is 0 Å². The van der Waals surface area contributed by atoms with Gasteiger partial charge in [0.25, 0.3) is 0 Å². The lowest BCUT2D eigenvalue weighted by molar-refractivity contribution is -0.120. The Morgan fingerprint density at radius 2 is 2.00 bits per heavy atom. The number of rotatable bonds is 9. The van der Waals surface area contributed by atoms with Crippen molar-refractivity contribution in [2.45, 2.75) is 51.7 Å². The van der Waals surface area contributed by atoms with E-state index >= 15 is 0 Å². The summed E-state index contributed by atoms with van der Waals surface area (Å²) in [5.74, 6) is -0.0823. The van der Waals surface area contributed by atoms with Gasteiger partial charge in [0.2, 0.25) is 5.91 Å². The summed E-state index contributed by atoms with van der Waals surface area (Å²) >= 11 is 1.31. The number of aryl methyl sites for hydroxylation is 1. The lowest BCUT2D eigenvalue weighted by Gasteiger charge is -2.04. The van der Waals surface area contributed by atoms with E-state index in [0.29, 0.717) is 11.6 Å². The van der Waals surface area contributed by atoms with Crippen molar-refractivity contribution in [2.24, 2.45) is 0 Å². The molecule has 0 fully saturated rings. The van der Waals surface area contributed by atoms with Gasteiger partial charge in [-0.25, -0.2) is 13.4 Å². The van der Waals surface area contributed by atoms with E-state index in [1.165, 1.54) is 30.4 Å². The molecule has 1 N–H and O–H groups in total. The average molecular weight is 332 g/mol. The van der Waals surface area contributed by atoms with Crippen LogP contribution in [0, 0.1) is 6.92 Å². The van der Waals surface area contributed by atoms with Crippen LogP contribution >= 0.6 is 11.3 Å². The van der Waals surface area contributed by atoms with Crippen LogP contribution in [-0.2, 0) is 26.8 Å². The first-order valence-corrected chi connectivity index (χ1v) is 10.1. The molecule has 0 saturated carbocycles. The van der Waals surface area contributed by atoms with Crippen LogP contribution in [0.1, 0.15) is 48.2 Å². The first-order valence-electron chi connectivity index (χ1n) is 7.21. The zero-order valence-electron chi connectivity index (χ0n) is 12.9. The fraction of sp³-hybridized carbons (Fsp3) is 0.714. The summed E-state index contributed by atoms with van der Waals surface area (Å²) in [6.07, 6.45) is 5.97. The zero-order chi connectivity index (χ0) is 15.9. The smallest absolute Gasteiger partial charge is 0.225 e. The van der Waals surface area contributed by atoms with Gasteiger partial charge in [-0.2, -0.15) is 0 Å². The normalized spacial score (nSPS) is 11.6. The highest BCUT2D eigenvalue weighted by Crippen LogP contribution is 2.20. The molecule has 120 valence electrons. The van der Waals surface area contributed by atoms with Crippen molar-refractivity contribution in [1.29, 1.82) is 0 Å². The number of nitrogens with one attached hydrogen (secondary N) is 1. The van der Waals surface area contributed by atoms with Crippen molar-refractivity contribution in [1.82, 2.24) is 10.3 Å². The first-order chi connectivity index (χ1) is 9.81. The van der Waals surface area contributed by atoms with E-state index in [2.05, 4.69) is 17.2 Å². The highest BCUT2D eigenvalue weighted by molar-refractivity contribution is 7.90. The number of hydrogen-bond acceptors (Lipinski definition) is 5. The largest absolute Gasteiger partial charge is 0.356 e. The molecule has 0 aliphatic carbocycles. The van der Waals surface area contributed by atoms with Crippen molar-refractivity contribution in [3.8, 4) is 0 Å². The summed E-state index contributed by atoms with van der Waals surface area (Å²) < 4.78 is 22.5. The Morgan fingerprint density at radius 1 is 1.29 bits per heavy atom. The van der Waals surface area contributed by atoms with Gasteiger partial charge in [-0.15, -0.1) is 11.3 Å². The SMILES string of the molecule is CCCCCCNC(=O)Cc1sc(CS(C)(=O)=O)nc1C. The maximum atomic E-state index is 11.8. The van der Waals surface area contributed by atoms with Crippen molar-refractivity contribution >= 4 is 27.1 Å². The van der Waals surface area contributed by atoms with Crippen LogP contribution in [0.4, 0.5) is 0 Å². The molecule has 1 heterocycles. The molecule has 5 nitrogen and oxygen atoms in total. The van der Waals surface area contributed by atoms with Gasteiger partial charge in [0.05, 0.1) is 12.1 Å². The fourth-order valence-electron chi connectivity index (χ4n) is 1.93. The maximum absolute atomic E-state index is 11.8. The minimum Gasteiger partial charge on any atom is -0.356 e. The molecular weight excluding hydrogens is 308 g/mol. The van der Waals surface area contributed by atoms with Crippen molar-refractivity contribution in [3.05, 3.63) is 15.6 Å². The van der Waals surface area contributed by atoms with Crippen LogP contribution in [0.15, 0.2) is 0 Å². The summed E-state index contributed by atoms with van der Waals surface area (Å²) in [4.78, 5) is 16.9. The number of amides is 1. The highest BCUT2D eigenvalue weighted by Gasteiger charge is 2.14. The number of aromatic nitrogens is 1. The van der Waals surface area contributed by atoms with E-state index in [9.17, 15) is 13.2 Å². The van der Waals surface area contributed by atoms with Gasteiger partial charge in [0.1, 0.15) is 10.8 Å². The first kappa shape index (κ1) is 18.1. The van der Waals surface area contributed by atoms with Crippen LogP contribution in [0.3, 0.4) is 0 Å². The highest BCUT2D eigenvalue weighted by atomic mass is 32.2. The molecule has 0 unspecified atom stereocenters. The van der Waals surface area contributed by atoms with E-state index in [1.54, 1.807) is 0 Å². The zero-order valence-corrected chi connectivity index (χ0v) is 14.6. The van der Waals surface area contributed by atoms with Gasteiger partial charge in [-0.1, -0.05) is 26.2 Å². The molecule has 7 heteroatoms. The average Bonchev–Trinajstić information content (AvgIpc) is 2.66. The molecule has 0 aromatic carbocycles. The topological polar surface area (TPSA) is 76.1 Å². The lowest BCUT2D eigenvalue weighted by Crippen LogP contribution is -2.26. The number of hydrogen-bond donors (Lipinski definition) is 1. The van der Waals surface area contributed by atoms with Crippen LogP contribution in [-0.4, -0.2) is 32.1 Å². The van der Waals surface area contributed by atoms with E-state index in [-0.39, 0.29) is 18.1 Å². The second kappa shape index (κ2) is 8.48. The van der Waals surface area contributed by atoms with Crippen molar-refractivity contribution < 1.29 is 13.2 Å². The molecule has 21 heavy (non-hydrogen) atoms. The summed E-state index contributed by atoms with van der Waals surface area (Å²) in [5.41, 5.74) is 0.750. The number of unbranched alkanes of at least 4 members (excludes halogenated alkanes) is 3. The minimum atomic E-state index is -3.08. The molecule has 1 rings (SSSR count). The minimum absolute atomic E-state index is 0.0239. The van der Waals surface area contributed by atoms with Gasteiger partial charge >= 0.3 is 0 Å². The summed E-state index contributed by atoms with van der Waals surface area (Å²) in [6, 6.07) is 0. The summed E-state index contributed by atoms with van der Waals surface area (Å²) in [5, 5.41) is 3.45. The van der Waals surface area contributed by atoms with E-state index in [4.69, 9.17) is 0 Å². The molecule has 0 bridgehead atoms. The lowest BCUT2D eigenvalue weighted by atomic mass is 10.2. The monoisotopic (exact) mass is 332 g/mol. The van der Waals surface area contributed by atoms with Gasteiger partial charge in [0, 0.05) is 17.7 Å². The number of carbonyl (C=O) groups is 1. The Morgan fingerprint density at radius 3 is 2.62 bits per heavy atom. The van der Waals surface area contributed by atoms with E-state index in [1.807, 2.05) is 6.92 Å². The van der Waals surface area contributed by atoms with Crippen molar-refractivity contribution in [2.75, 3.05) is 12.8 Å². The number of carbonyl (C=O) groups excluding carboxylic acids is 1. The van der Waals surface area contributed by atoms with E-state index in [0.717, 1.165) is 23.4 Å². The molecule has 1 aromatic heterocycles. The van der Waals surface area contributed by atoms with Gasteiger partial charge in [0.15, 0.2) is 9.84 Å². The standard InChI is InChI=1S/C14H24N2O3S2/c1-4-5-6-7-8-15-13(17)9-12-11(2)16-14(20-12)10-21(3,18)19/h4-10H2,1-3H3,(H,15,17). The molecule has 0 radical (unpaired) electrons. The van der Waals surface area contributed by atoms with Crippen LogP contribution in [0.5, 0.6) is 0 Å². The number of nitrogens with zero attached hydrogens (tertiary/aromatic N) is 1. The maximum Gasteiger partial charge on any atom is 0.225 e. The Bertz CT molecular complexity index is 565. The number of thiazole rings is 1. The quantitative estimate of drug-likeness (QED) is 0.704. The van der Waals surface area contributed by atoms with E-state index < -0.39 is 9.84 Å².